The lowest BCUT2D eigenvalue weighted by atomic mass is 9.87. The summed E-state index contributed by atoms with van der Waals surface area (Å²) in [6.45, 7) is 8.01. The number of hydrogen-bond acceptors (Lipinski definition) is 4. The van der Waals surface area contributed by atoms with Gasteiger partial charge in [0.1, 0.15) is 11.5 Å². The zero-order valence-corrected chi connectivity index (χ0v) is 16.6. The van der Waals surface area contributed by atoms with Gasteiger partial charge in [0.25, 0.3) is 5.91 Å². The van der Waals surface area contributed by atoms with Crippen LogP contribution in [0.1, 0.15) is 50.0 Å². The van der Waals surface area contributed by atoms with Crippen LogP contribution >= 0.6 is 0 Å². The zero-order chi connectivity index (χ0) is 20.0. The van der Waals surface area contributed by atoms with Crippen LogP contribution in [0.4, 0.5) is 5.69 Å². The number of rotatable bonds is 7. The Bertz CT molecular complexity index is 804. The van der Waals surface area contributed by atoms with Crippen LogP contribution < -0.4 is 14.8 Å². The highest BCUT2D eigenvalue weighted by molar-refractivity contribution is 5.96. The Kier molecular flexibility index (Phi) is 6.61. The van der Waals surface area contributed by atoms with Gasteiger partial charge in [0.15, 0.2) is 12.4 Å². The molecule has 0 aliphatic carbocycles. The van der Waals surface area contributed by atoms with Crippen LogP contribution in [0.2, 0.25) is 0 Å². The molecule has 5 nitrogen and oxygen atoms in total. The van der Waals surface area contributed by atoms with Gasteiger partial charge in [-0.25, -0.2) is 0 Å². The highest BCUT2D eigenvalue weighted by Crippen LogP contribution is 2.31. The second-order valence-corrected chi connectivity index (χ2v) is 7.30. The fourth-order valence-electron chi connectivity index (χ4n) is 2.55. The lowest BCUT2D eigenvalue weighted by Crippen LogP contribution is -2.21. The second kappa shape index (κ2) is 8.71. The van der Waals surface area contributed by atoms with Crippen molar-refractivity contribution in [2.45, 2.75) is 39.5 Å². The molecule has 0 saturated carbocycles. The monoisotopic (exact) mass is 369 g/mol. The number of ether oxygens (including phenoxy) is 2. The first-order chi connectivity index (χ1) is 12.7. The third-order valence-electron chi connectivity index (χ3n) is 4.21. The molecule has 27 heavy (non-hydrogen) atoms. The van der Waals surface area contributed by atoms with Crippen molar-refractivity contribution in [3.63, 3.8) is 0 Å². The molecule has 0 unspecified atom stereocenters. The van der Waals surface area contributed by atoms with E-state index in [2.05, 4.69) is 26.1 Å². The van der Waals surface area contributed by atoms with E-state index in [4.69, 9.17) is 9.47 Å². The summed E-state index contributed by atoms with van der Waals surface area (Å²) < 4.78 is 10.9. The van der Waals surface area contributed by atoms with Gasteiger partial charge in [-0.05, 0) is 47.4 Å². The van der Waals surface area contributed by atoms with Crippen molar-refractivity contribution in [3.8, 4) is 11.5 Å². The number of methoxy groups -OCH3 is 1. The van der Waals surface area contributed by atoms with E-state index in [1.807, 2.05) is 25.1 Å². The normalized spacial score (nSPS) is 11.0. The predicted molar refractivity (Wildman–Crippen MR) is 107 cm³/mol. The molecule has 0 spiro atoms. The van der Waals surface area contributed by atoms with Gasteiger partial charge in [-0.15, -0.1) is 0 Å². The topological polar surface area (TPSA) is 64.6 Å². The summed E-state index contributed by atoms with van der Waals surface area (Å²) in [5.74, 6) is 0.921. The molecule has 1 amide bonds. The fraction of sp³-hybridized carbons (Fsp3) is 0.364. The number of carbonyl (C=O) groups is 2. The average molecular weight is 369 g/mol. The van der Waals surface area contributed by atoms with Gasteiger partial charge in [-0.1, -0.05) is 33.8 Å². The summed E-state index contributed by atoms with van der Waals surface area (Å²) in [5.41, 5.74) is 2.30. The van der Waals surface area contributed by atoms with Gasteiger partial charge in [0.2, 0.25) is 0 Å². The van der Waals surface area contributed by atoms with Crippen LogP contribution in [-0.4, -0.2) is 25.4 Å². The first-order valence-electron chi connectivity index (χ1n) is 8.99. The maximum atomic E-state index is 12.3. The summed E-state index contributed by atoms with van der Waals surface area (Å²) in [4.78, 5) is 23.9. The first-order valence-corrected chi connectivity index (χ1v) is 8.99. The van der Waals surface area contributed by atoms with Crippen molar-refractivity contribution in [1.82, 2.24) is 0 Å². The molecule has 1 N–H and O–H groups in total. The average Bonchev–Trinajstić information content (AvgIpc) is 2.65. The molecule has 0 saturated heterocycles. The molecule has 0 fully saturated rings. The Morgan fingerprint density at radius 3 is 2.26 bits per heavy atom. The summed E-state index contributed by atoms with van der Waals surface area (Å²) in [6, 6.07) is 12.5. The minimum Gasteiger partial charge on any atom is -0.495 e. The quantitative estimate of drug-likeness (QED) is 0.724. The number of carbonyl (C=O) groups excluding carboxylic acids is 2. The van der Waals surface area contributed by atoms with Crippen LogP contribution in [-0.2, 0) is 10.2 Å². The van der Waals surface area contributed by atoms with Gasteiger partial charge in [0.05, 0.1) is 12.8 Å². The van der Waals surface area contributed by atoms with E-state index in [1.54, 1.807) is 31.4 Å². The molecule has 0 aliphatic heterocycles. The van der Waals surface area contributed by atoms with Gasteiger partial charge in [-0.3, -0.25) is 9.59 Å². The minimum atomic E-state index is -0.284. The third kappa shape index (κ3) is 5.58. The van der Waals surface area contributed by atoms with Crippen molar-refractivity contribution >= 4 is 17.4 Å². The summed E-state index contributed by atoms with van der Waals surface area (Å²) in [5, 5.41) is 2.84. The molecular formula is C22H27NO4. The largest absolute Gasteiger partial charge is 0.495 e. The Labute approximate surface area is 160 Å². The number of hydrogen-bond donors (Lipinski definition) is 1. The Morgan fingerprint density at radius 2 is 1.70 bits per heavy atom. The SMILES string of the molecule is CCC(=O)c1ccc(OCC(=O)Nc2cc(C(C)(C)C)ccc2OC)cc1. The smallest absolute Gasteiger partial charge is 0.262 e. The van der Waals surface area contributed by atoms with E-state index in [0.29, 0.717) is 29.2 Å². The zero-order valence-electron chi connectivity index (χ0n) is 16.6. The Balaban J connectivity index is 2.02. The van der Waals surface area contributed by atoms with E-state index in [1.165, 1.54) is 0 Å². The molecule has 0 bridgehead atoms. The van der Waals surface area contributed by atoms with E-state index < -0.39 is 0 Å². The standard InChI is InChI=1S/C22H27NO4/c1-6-19(24)15-7-10-17(11-8-15)27-14-21(25)23-18-13-16(22(2,3)4)9-12-20(18)26-5/h7-13H,6,14H2,1-5H3,(H,23,25). The van der Waals surface area contributed by atoms with Crippen LogP contribution in [0.15, 0.2) is 42.5 Å². The maximum Gasteiger partial charge on any atom is 0.262 e. The van der Waals surface area contributed by atoms with Gasteiger partial charge in [0, 0.05) is 12.0 Å². The van der Waals surface area contributed by atoms with E-state index in [0.717, 1.165) is 5.56 Å². The Hall–Kier alpha value is -2.82. The molecule has 5 heteroatoms. The highest BCUT2D eigenvalue weighted by Gasteiger charge is 2.17. The van der Waals surface area contributed by atoms with E-state index in [-0.39, 0.29) is 23.7 Å². The van der Waals surface area contributed by atoms with Crippen LogP contribution in [0.5, 0.6) is 11.5 Å². The van der Waals surface area contributed by atoms with Crippen molar-refractivity contribution in [2.75, 3.05) is 19.0 Å². The van der Waals surface area contributed by atoms with E-state index >= 15 is 0 Å². The molecule has 2 aromatic carbocycles. The van der Waals surface area contributed by atoms with Crippen molar-refractivity contribution < 1.29 is 19.1 Å². The van der Waals surface area contributed by atoms with Gasteiger partial charge < -0.3 is 14.8 Å². The highest BCUT2D eigenvalue weighted by atomic mass is 16.5. The summed E-state index contributed by atoms with van der Waals surface area (Å²) in [6.07, 6.45) is 0.456. The molecule has 2 aromatic rings. The van der Waals surface area contributed by atoms with E-state index in [9.17, 15) is 9.59 Å². The molecule has 144 valence electrons. The molecule has 0 heterocycles. The van der Waals surface area contributed by atoms with Crippen molar-refractivity contribution in [2.24, 2.45) is 0 Å². The fourth-order valence-corrected chi connectivity index (χ4v) is 2.55. The Morgan fingerprint density at radius 1 is 1.04 bits per heavy atom. The third-order valence-corrected chi connectivity index (χ3v) is 4.21. The number of Topliss-reactive ketones (excluding diaryl/α,β-unsaturated/α-hetero) is 1. The number of benzene rings is 2. The second-order valence-electron chi connectivity index (χ2n) is 7.30. The predicted octanol–water partition coefficient (Wildman–Crippen LogP) is 4.60. The molecule has 0 aliphatic rings. The molecular weight excluding hydrogens is 342 g/mol. The maximum absolute atomic E-state index is 12.3. The summed E-state index contributed by atoms with van der Waals surface area (Å²) in [7, 11) is 1.57. The van der Waals surface area contributed by atoms with Gasteiger partial charge >= 0.3 is 0 Å². The lowest BCUT2D eigenvalue weighted by Gasteiger charge is -2.21. The molecule has 0 atom stereocenters. The van der Waals surface area contributed by atoms with Crippen LogP contribution in [0.3, 0.4) is 0 Å². The van der Waals surface area contributed by atoms with Gasteiger partial charge in [-0.2, -0.15) is 0 Å². The van der Waals surface area contributed by atoms with Crippen LogP contribution in [0, 0.1) is 0 Å². The number of amides is 1. The number of nitrogens with one attached hydrogen (secondary N) is 1. The summed E-state index contributed by atoms with van der Waals surface area (Å²) >= 11 is 0. The van der Waals surface area contributed by atoms with Crippen molar-refractivity contribution in [3.05, 3.63) is 53.6 Å². The molecule has 2 rings (SSSR count). The number of anilines is 1. The lowest BCUT2D eigenvalue weighted by molar-refractivity contribution is -0.118. The first kappa shape index (κ1) is 20.5. The van der Waals surface area contributed by atoms with Crippen LogP contribution in [0.25, 0.3) is 0 Å². The molecule has 0 radical (unpaired) electrons. The van der Waals surface area contributed by atoms with Crippen molar-refractivity contribution in [1.29, 1.82) is 0 Å². The molecule has 0 aromatic heterocycles. The number of ketones is 1. The minimum absolute atomic E-state index is 0.0417.